The van der Waals surface area contributed by atoms with Crippen molar-refractivity contribution in [2.45, 2.75) is 51.0 Å². The molecule has 4 heteroatoms. The summed E-state index contributed by atoms with van der Waals surface area (Å²) in [4.78, 5) is 8.91. The Labute approximate surface area is 119 Å². The summed E-state index contributed by atoms with van der Waals surface area (Å²) in [6.45, 7) is 0. The van der Waals surface area contributed by atoms with E-state index >= 15 is 0 Å². The Morgan fingerprint density at radius 2 is 2.00 bits per heavy atom. The zero-order valence-electron chi connectivity index (χ0n) is 11.2. The normalized spacial score (nSPS) is 17.7. The van der Waals surface area contributed by atoms with Gasteiger partial charge in [-0.3, -0.25) is 4.98 Å². The molecule has 2 aromatic heterocycles. The average molecular weight is 278 g/mol. The Morgan fingerprint density at radius 1 is 1.21 bits per heavy atom. The topological polar surface area (TPSA) is 30.7 Å². The van der Waals surface area contributed by atoms with Gasteiger partial charge >= 0.3 is 0 Å². The minimum atomic E-state index is 0.591. The van der Waals surface area contributed by atoms with Gasteiger partial charge in [0, 0.05) is 24.5 Å². The van der Waals surface area contributed by atoms with Gasteiger partial charge in [-0.1, -0.05) is 25.7 Å². The number of aryl methyl sites for hydroxylation is 1. The molecule has 0 saturated heterocycles. The molecular weight excluding hydrogens is 258 g/mol. The van der Waals surface area contributed by atoms with Crippen molar-refractivity contribution in [1.82, 2.24) is 14.5 Å². The lowest BCUT2D eigenvalue weighted by Crippen LogP contribution is -2.12. The fourth-order valence-electron chi connectivity index (χ4n) is 3.18. The van der Waals surface area contributed by atoms with Crippen LogP contribution in [0.1, 0.15) is 50.4 Å². The van der Waals surface area contributed by atoms with Gasteiger partial charge in [0.15, 0.2) is 0 Å². The summed E-state index contributed by atoms with van der Waals surface area (Å²) in [5.41, 5.74) is 2.23. The molecule has 102 valence electrons. The molecule has 0 atom stereocenters. The van der Waals surface area contributed by atoms with E-state index in [4.69, 9.17) is 16.6 Å². The Hall–Kier alpha value is -1.09. The summed E-state index contributed by atoms with van der Waals surface area (Å²) in [5, 5.41) is 0. The first kappa shape index (κ1) is 12.9. The van der Waals surface area contributed by atoms with Crippen LogP contribution in [0.15, 0.2) is 18.5 Å². The van der Waals surface area contributed by atoms with Crippen LogP contribution >= 0.6 is 11.6 Å². The van der Waals surface area contributed by atoms with E-state index < -0.39 is 0 Å². The third kappa shape index (κ3) is 2.62. The van der Waals surface area contributed by atoms with Gasteiger partial charge in [-0.2, -0.15) is 0 Å². The highest BCUT2D eigenvalue weighted by molar-refractivity contribution is 6.17. The first-order valence-corrected chi connectivity index (χ1v) is 7.80. The molecule has 0 radical (unpaired) electrons. The predicted octanol–water partition coefficient (Wildman–Crippen LogP) is 4.11. The summed E-state index contributed by atoms with van der Waals surface area (Å²) in [7, 11) is 0. The molecule has 1 aliphatic rings. The van der Waals surface area contributed by atoms with Gasteiger partial charge in [-0.05, 0) is 18.9 Å². The van der Waals surface area contributed by atoms with Crippen molar-refractivity contribution in [1.29, 1.82) is 0 Å². The minimum Gasteiger partial charge on any atom is -0.325 e. The van der Waals surface area contributed by atoms with Crippen LogP contribution < -0.4 is 0 Å². The van der Waals surface area contributed by atoms with Crippen molar-refractivity contribution in [2.75, 3.05) is 5.88 Å². The molecule has 3 nitrogen and oxygen atoms in total. The number of nitrogens with zero attached hydrogens (tertiary/aromatic N) is 3. The molecule has 1 fully saturated rings. The van der Waals surface area contributed by atoms with Crippen LogP contribution in [-0.4, -0.2) is 20.4 Å². The highest BCUT2D eigenvalue weighted by Gasteiger charge is 2.20. The molecule has 0 aliphatic heterocycles. The van der Waals surface area contributed by atoms with E-state index in [-0.39, 0.29) is 0 Å². The Kier molecular flexibility index (Phi) is 4.02. The minimum absolute atomic E-state index is 0.591. The first-order chi connectivity index (χ1) is 9.40. The van der Waals surface area contributed by atoms with Crippen molar-refractivity contribution in [2.24, 2.45) is 0 Å². The molecule has 0 N–H and O–H groups in total. The van der Waals surface area contributed by atoms with Gasteiger partial charge in [0.05, 0.1) is 11.7 Å². The van der Waals surface area contributed by atoms with Crippen LogP contribution in [-0.2, 0) is 6.42 Å². The number of rotatable bonds is 3. The molecular formula is C15H20ClN3. The van der Waals surface area contributed by atoms with Crippen LogP contribution in [0, 0.1) is 0 Å². The second kappa shape index (κ2) is 5.91. The number of imidazole rings is 1. The molecule has 1 aliphatic carbocycles. The Bertz CT molecular complexity index is 541. The van der Waals surface area contributed by atoms with Gasteiger partial charge < -0.3 is 4.57 Å². The summed E-state index contributed by atoms with van der Waals surface area (Å²) in [6.07, 6.45) is 12.5. The van der Waals surface area contributed by atoms with Crippen LogP contribution in [0.3, 0.4) is 0 Å². The number of fused-ring (bicyclic) bond motifs is 1. The molecule has 0 aromatic carbocycles. The lowest BCUT2D eigenvalue weighted by molar-refractivity contribution is 0.441. The number of halogens is 1. The average Bonchev–Trinajstić information content (AvgIpc) is 2.61. The molecule has 0 spiro atoms. The Balaban J connectivity index is 2.05. The summed E-state index contributed by atoms with van der Waals surface area (Å²) < 4.78 is 2.44. The van der Waals surface area contributed by atoms with E-state index in [1.807, 2.05) is 12.4 Å². The summed E-state index contributed by atoms with van der Waals surface area (Å²) >= 11 is 5.94. The molecule has 0 bridgehead atoms. The number of hydrogen-bond donors (Lipinski definition) is 0. The number of alkyl halides is 1. The number of hydrogen-bond acceptors (Lipinski definition) is 2. The number of pyridine rings is 1. The molecule has 19 heavy (non-hydrogen) atoms. The van der Waals surface area contributed by atoms with Crippen LogP contribution in [0.4, 0.5) is 0 Å². The van der Waals surface area contributed by atoms with Gasteiger partial charge in [0.25, 0.3) is 0 Å². The van der Waals surface area contributed by atoms with E-state index in [1.54, 1.807) is 0 Å². The van der Waals surface area contributed by atoms with Crippen molar-refractivity contribution in [3.63, 3.8) is 0 Å². The van der Waals surface area contributed by atoms with Crippen LogP contribution in [0.25, 0.3) is 11.0 Å². The van der Waals surface area contributed by atoms with Gasteiger partial charge in [-0.15, -0.1) is 11.6 Å². The predicted molar refractivity (Wildman–Crippen MR) is 78.7 cm³/mol. The van der Waals surface area contributed by atoms with Crippen molar-refractivity contribution < 1.29 is 0 Å². The number of aromatic nitrogens is 3. The van der Waals surface area contributed by atoms with Crippen molar-refractivity contribution in [3.8, 4) is 0 Å². The molecule has 2 heterocycles. The lowest BCUT2D eigenvalue weighted by Gasteiger charge is -2.19. The highest BCUT2D eigenvalue weighted by atomic mass is 35.5. The van der Waals surface area contributed by atoms with E-state index in [0.29, 0.717) is 11.9 Å². The van der Waals surface area contributed by atoms with Gasteiger partial charge in [0.1, 0.15) is 11.3 Å². The monoisotopic (exact) mass is 277 g/mol. The molecule has 0 amide bonds. The molecule has 2 aromatic rings. The van der Waals surface area contributed by atoms with Gasteiger partial charge in [0.2, 0.25) is 0 Å². The first-order valence-electron chi connectivity index (χ1n) is 7.27. The van der Waals surface area contributed by atoms with E-state index in [2.05, 4.69) is 15.6 Å². The highest BCUT2D eigenvalue weighted by Crippen LogP contribution is 2.31. The Morgan fingerprint density at radius 3 is 2.74 bits per heavy atom. The summed E-state index contributed by atoms with van der Waals surface area (Å²) in [5.74, 6) is 1.76. The zero-order chi connectivity index (χ0) is 13.1. The van der Waals surface area contributed by atoms with Crippen LogP contribution in [0.2, 0.25) is 0 Å². The zero-order valence-corrected chi connectivity index (χ0v) is 11.9. The van der Waals surface area contributed by atoms with Crippen LogP contribution in [0.5, 0.6) is 0 Å². The maximum Gasteiger partial charge on any atom is 0.111 e. The fraction of sp³-hybridized carbons (Fsp3) is 0.600. The fourth-order valence-corrected chi connectivity index (χ4v) is 3.35. The standard InChI is InChI=1S/C15H20ClN3/c16-9-7-15-18-13-11-17-10-8-14(13)19(15)12-5-3-1-2-4-6-12/h8,10-12H,1-7,9H2. The molecule has 3 rings (SSSR count). The maximum absolute atomic E-state index is 5.94. The quantitative estimate of drug-likeness (QED) is 0.624. The smallest absolute Gasteiger partial charge is 0.111 e. The van der Waals surface area contributed by atoms with Gasteiger partial charge in [-0.25, -0.2) is 4.98 Å². The maximum atomic E-state index is 5.94. The van der Waals surface area contributed by atoms with E-state index in [1.165, 1.54) is 44.0 Å². The lowest BCUT2D eigenvalue weighted by atomic mass is 10.1. The van der Waals surface area contributed by atoms with Crippen molar-refractivity contribution in [3.05, 3.63) is 24.3 Å². The summed E-state index contributed by atoms with van der Waals surface area (Å²) in [6, 6.07) is 2.68. The third-order valence-corrected chi connectivity index (χ3v) is 4.26. The SMILES string of the molecule is ClCCc1nc2cnccc2n1C1CCCCCC1. The van der Waals surface area contributed by atoms with E-state index in [0.717, 1.165) is 17.8 Å². The molecule has 1 saturated carbocycles. The largest absolute Gasteiger partial charge is 0.325 e. The molecule has 0 unspecified atom stereocenters. The third-order valence-electron chi connectivity index (χ3n) is 4.07. The second-order valence-corrected chi connectivity index (χ2v) is 5.72. The van der Waals surface area contributed by atoms with Crippen molar-refractivity contribution >= 4 is 22.6 Å². The second-order valence-electron chi connectivity index (χ2n) is 5.35. The van der Waals surface area contributed by atoms with E-state index in [9.17, 15) is 0 Å².